The standard InChI is InChI=1S/C33H28N4O5S/c1-4-42-32(40)27-28(21-12-7-5-8-13-21)34-33-36(29(27)22-14-11-17-24(18-22)41-3)31(39)26(43-33)19-25-20(2)35-37(30(25)38)23-15-9-6-10-16-23/h5-19,25,29H,4H2,1-3H3/b26-19+/t25-,29-/m0/s1. The number of nitrogens with zero attached hydrogens (tertiary/aromatic N) is 4. The number of benzene rings is 3. The van der Waals surface area contributed by atoms with Crippen molar-refractivity contribution in [2.45, 2.75) is 19.9 Å². The Bertz CT molecular complexity index is 1960. The third kappa shape index (κ3) is 5.10. The molecule has 2 aliphatic rings. The number of hydrogen-bond donors (Lipinski definition) is 0. The maximum absolute atomic E-state index is 14.2. The summed E-state index contributed by atoms with van der Waals surface area (Å²) in [6.45, 7) is 3.65. The smallest absolute Gasteiger partial charge is 0.338 e. The van der Waals surface area contributed by atoms with Gasteiger partial charge in [-0.1, -0.05) is 72.0 Å². The van der Waals surface area contributed by atoms with Crippen molar-refractivity contribution >= 4 is 46.4 Å². The number of rotatable bonds is 7. The highest BCUT2D eigenvalue weighted by Gasteiger charge is 2.37. The van der Waals surface area contributed by atoms with Gasteiger partial charge in [-0.05, 0) is 49.8 Å². The molecule has 9 nitrogen and oxygen atoms in total. The zero-order valence-corrected chi connectivity index (χ0v) is 24.6. The summed E-state index contributed by atoms with van der Waals surface area (Å²) in [5.41, 5.74) is 2.88. The highest BCUT2D eigenvalue weighted by Crippen LogP contribution is 2.36. The molecular weight excluding hydrogens is 564 g/mol. The second-order valence-corrected chi connectivity index (χ2v) is 10.9. The van der Waals surface area contributed by atoms with E-state index in [4.69, 9.17) is 14.5 Å². The summed E-state index contributed by atoms with van der Waals surface area (Å²) >= 11 is 1.17. The van der Waals surface area contributed by atoms with Gasteiger partial charge in [-0.2, -0.15) is 10.1 Å². The van der Waals surface area contributed by atoms with Crippen LogP contribution in [0.15, 0.2) is 105 Å². The van der Waals surface area contributed by atoms with Crippen LogP contribution in [0.5, 0.6) is 5.75 Å². The molecule has 10 heteroatoms. The average Bonchev–Trinajstić information content (AvgIpc) is 3.51. The van der Waals surface area contributed by atoms with Gasteiger partial charge in [-0.25, -0.2) is 9.79 Å². The molecule has 1 amide bonds. The van der Waals surface area contributed by atoms with Gasteiger partial charge in [0.2, 0.25) is 0 Å². The third-order valence-electron chi connectivity index (χ3n) is 7.28. The molecule has 3 heterocycles. The molecule has 216 valence electrons. The molecule has 0 unspecified atom stereocenters. The van der Waals surface area contributed by atoms with Crippen LogP contribution in [0.2, 0.25) is 0 Å². The zero-order chi connectivity index (χ0) is 30.1. The van der Waals surface area contributed by atoms with E-state index < -0.39 is 17.9 Å². The Balaban J connectivity index is 1.56. The van der Waals surface area contributed by atoms with E-state index in [1.54, 1.807) is 51.3 Å². The van der Waals surface area contributed by atoms with Crippen molar-refractivity contribution in [1.29, 1.82) is 0 Å². The summed E-state index contributed by atoms with van der Waals surface area (Å²) in [5, 5.41) is 5.84. The summed E-state index contributed by atoms with van der Waals surface area (Å²) in [5.74, 6) is -0.976. The van der Waals surface area contributed by atoms with Crippen molar-refractivity contribution in [2.75, 3.05) is 18.7 Å². The van der Waals surface area contributed by atoms with Gasteiger partial charge in [0.05, 0.1) is 47.0 Å². The fourth-order valence-corrected chi connectivity index (χ4v) is 6.27. The van der Waals surface area contributed by atoms with Crippen LogP contribution in [0.25, 0.3) is 11.8 Å². The van der Waals surface area contributed by atoms with E-state index in [9.17, 15) is 14.4 Å². The number of hydrogen-bond acceptors (Lipinski definition) is 8. The van der Waals surface area contributed by atoms with Crippen molar-refractivity contribution in [2.24, 2.45) is 16.0 Å². The Kier molecular flexibility index (Phi) is 7.60. The molecule has 0 fully saturated rings. The number of anilines is 1. The predicted molar refractivity (Wildman–Crippen MR) is 165 cm³/mol. The number of thiazole rings is 1. The molecule has 2 aliphatic heterocycles. The highest BCUT2D eigenvalue weighted by atomic mass is 32.1. The SMILES string of the molecule is CCOC(=O)C1=C(c2ccccc2)N=c2s/c(=C/[C@@H]3C(=O)N(c4ccccc4)N=C3C)c(=O)n2[C@H]1c1cccc(OC)c1. The second-order valence-electron chi connectivity index (χ2n) is 9.94. The number of carbonyl (C=O) groups is 2. The fourth-order valence-electron chi connectivity index (χ4n) is 5.26. The summed E-state index contributed by atoms with van der Waals surface area (Å²) in [6.07, 6.45) is 1.65. The highest BCUT2D eigenvalue weighted by molar-refractivity contribution is 7.07. The van der Waals surface area contributed by atoms with Crippen molar-refractivity contribution < 1.29 is 19.1 Å². The van der Waals surface area contributed by atoms with Crippen LogP contribution in [0, 0.1) is 5.92 Å². The topological polar surface area (TPSA) is 103 Å². The fraction of sp³-hybridized carbons (Fsp3) is 0.182. The molecule has 3 aromatic carbocycles. The van der Waals surface area contributed by atoms with E-state index in [-0.39, 0.29) is 23.6 Å². The van der Waals surface area contributed by atoms with Gasteiger partial charge >= 0.3 is 5.97 Å². The van der Waals surface area contributed by atoms with Gasteiger partial charge < -0.3 is 9.47 Å². The van der Waals surface area contributed by atoms with Gasteiger partial charge in [0, 0.05) is 5.56 Å². The molecule has 6 rings (SSSR count). The van der Waals surface area contributed by atoms with Crippen molar-refractivity contribution in [1.82, 2.24) is 4.57 Å². The van der Waals surface area contributed by atoms with E-state index in [1.165, 1.54) is 20.9 Å². The molecule has 0 bridgehead atoms. The summed E-state index contributed by atoms with van der Waals surface area (Å²) in [4.78, 5) is 46.5. The molecule has 0 saturated carbocycles. The number of fused-ring (bicyclic) bond motifs is 1. The van der Waals surface area contributed by atoms with Crippen molar-refractivity contribution in [3.63, 3.8) is 0 Å². The normalized spacial score (nSPS) is 18.3. The van der Waals surface area contributed by atoms with Crippen LogP contribution >= 0.6 is 11.3 Å². The maximum atomic E-state index is 14.2. The zero-order valence-electron chi connectivity index (χ0n) is 23.8. The maximum Gasteiger partial charge on any atom is 0.338 e. The van der Waals surface area contributed by atoms with Crippen LogP contribution in [-0.4, -0.2) is 35.9 Å². The number of carbonyl (C=O) groups excluding carboxylic acids is 2. The van der Waals surface area contributed by atoms with Crippen molar-refractivity contribution in [3.05, 3.63) is 121 Å². The minimum Gasteiger partial charge on any atom is -0.497 e. The van der Waals surface area contributed by atoms with Crippen LogP contribution in [0.4, 0.5) is 5.69 Å². The summed E-state index contributed by atoms with van der Waals surface area (Å²) in [7, 11) is 1.56. The van der Waals surface area contributed by atoms with E-state index in [2.05, 4.69) is 5.10 Å². The first-order chi connectivity index (χ1) is 20.9. The molecule has 43 heavy (non-hydrogen) atoms. The Morgan fingerprint density at radius 3 is 2.42 bits per heavy atom. The first kappa shape index (κ1) is 28.0. The average molecular weight is 593 g/mol. The molecule has 4 aromatic rings. The minimum absolute atomic E-state index is 0.153. The van der Waals surface area contributed by atoms with E-state index in [0.717, 1.165) is 0 Å². The minimum atomic E-state index is -0.849. The summed E-state index contributed by atoms with van der Waals surface area (Å²) < 4.78 is 12.8. The Morgan fingerprint density at radius 1 is 1.00 bits per heavy atom. The molecule has 0 aliphatic carbocycles. The first-order valence-corrected chi connectivity index (χ1v) is 14.6. The van der Waals surface area contributed by atoms with E-state index in [0.29, 0.717) is 43.3 Å². The van der Waals surface area contributed by atoms with Crippen LogP contribution in [0.1, 0.15) is 31.0 Å². The summed E-state index contributed by atoms with van der Waals surface area (Å²) in [6, 6.07) is 24.9. The van der Waals surface area contributed by atoms with E-state index in [1.807, 2.05) is 60.7 Å². The molecule has 0 saturated heterocycles. The molecule has 0 N–H and O–H groups in total. The molecule has 0 spiro atoms. The third-order valence-corrected chi connectivity index (χ3v) is 8.29. The lowest BCUT2D eigenvalue weighted by Crippen LogP contribution is -2.40. The molecule has 1 aromatic heterocycles. The number of para-hydroxylation sites is 1. The van der Waals surface area contributed by atoms with Gasteiger partial charge in [0.1, 0.15) is 11.7 Å². The van der Waals surface area contributed by atoms with Gasteiger partial charge in [0.15, 0.2) is 4.80 Å². The lowest BCUT2D eigenvalue weighted by Gasteiger charge is -2.26. The van der Waals surface area contributed by atoms with Crippen LogP contribution in [0.3, 0.4) is 0 Å². The van der Waals surface area contributed by atoms with E-state index >= 15 is 0 Å². The van der Waals surface area contributed by atoms with Gasteiger partial charge in [0.25, 0.3) is 11.5 Å². The Hall–Kier alpha value is -5.09. The Labute approximate surface area is 251 Å². The molecule has 0 radical (unpaired) electrons. The largest absolute Gasteiger partial charge is 0.497 e. The monoisotopic (exact) mass is 592 g/mol. The van der Waals surface area contributed by atoms with Gasteiger partial charge in [-0.3, -0.25) is 14.2 Å². The van der Waals surface area contributed by atoms with Crippen LogP contribution in [-0.2, 0) is 14.3 Å². The predicted octanol–water partition coefficient (Wildman–Crippen LogP) is 3.93. The molecular formula is C33H28N4O5S. The number of esters is 1. The lowest BCUT2D eigenvalue weighted by atomic mass is 9.93. The number of hydrazone groups is 1. The first-order valence-electron chi connectivity index (χ1n) is 13.8. The number of aromatic nitrogens is 1. The van der Waals surface area contributed by atoms with Crippen molar-refractivity contribution in [3.8, 4) is 5.75 Å². The number of methoxy groups -OCH3 is 1. The lowest BCUT2D eigenvalue weighted by molar-refractivity contribution is -0.138. The Morgan fingerprint density at radius 2 is 1.72 bits per heavy atom. The second kappa shape index (κ2) is 11.7. The number of amides is 1. The molecule has 2 atom stereocenters. The van der Waals surface area contributed by atoms with Crippen LogP contribution < -0.4 is 24.6 Å². The van der Waals surface area contributed by atoms with Gasteiger partial charge in [-0.15, -0.1) is 0 Å². The number of ether oxygens (including phenoxy) is 2. The quantitative estimate of drug-likeness (QED) is 0.303.